The van der Waals surface area contributed by atoms with E-state index >= 15 is 0 Å². The molecule has 3 atom stereocenters. The minimum absolute atomic E-state index is 0.398. The maximum Gasteiger partial charge on any atom is 0.0674 e. The standard InChI is InChI=1S/C11H22N2O/c1-9-8-13(5-2-6-14-9)11-4-3-10(12)7-11/h9-11H,2-8,12H2,1H3. The van der Waals surface area contributed by atoms with Crippen LogP contribution in [0.2, 0.25) is 0 Å². The quantitative estimate of drug-likeness (QED) is 0.682. The van der Waals surface area contributed by atoms with Crippen molar-refractivity contribution in [2.24, 2.45) is 5.73 Å². The van der Waals surface area contributed by atoms with E-state index in [0.29, 0.717) is 12.1 Å². The van der Waals surface area contributed by atoms with Gasteiger partial charge in [-0.2, -0.15) is 0 Å². The molecule has 0 aromatic heterocycles. The van der Waals surface area contributed by atoms with Crippen LogP contribution in [-0.2, 0) is 4.74 Å². The van der Waals surface area contributed by atoms with Gasteiger partial charge < -0.3 is 10.5 Å². The SMILES string of the molecule is CC1CN(C2CCC(N)C2)CCCO1. The fraction of sp³-hybridized carbons (Fsp3) is 1.00. The molecule has 0 aromatic rings. The number of ether oxygens (including phenoxy) is 1. The van der Waals surface area contributed by atoms with Crippen molar-refractivity contribution in [1.29, 1.82) is 0 Å². The van der Waals surface area contributed by atoms with E-state index in [4.69, 9.17) is 10.5 Å². The number of hydrogen-bond acceptors (Lipinski definition) is 3. The lowest BCUT2D eigenvalue weighted by molar-refractivity contribution is 0.0610. The molecule has 82 valence electrons. The Labute approximate surface area is 86.6 Å². The van der Waals surface area contributed by atoms with Crippen LogP contribution in [0.3, 0.4) is 0 Å². The monoisotopic (exact) mass is 198 g/mol. The third kappa shape index (κ3) is 2.47. The molecule has 1 heterocycles. The van der Waals surface area contributed by atoms with Gasteiger partial charge in [0.2, 0.25) is 0 Å². The summed E-state index contributed by atoms with van der Waals surface area (Å²) >= 11 is 0. The van der Waals surface area contributed by atoms with Crippen molar-refractivity contribution in [3.8, 4) is 0 Å². The Morgan fingerprint density at radius 2 is 2.21 bits per heavy atom. The summed E-state index contributed by atoms with van der Waals surface area (Å²) in [5.74, 6) is 0. The second kappa shape index (κ2) is 4.60. The van der Waals surface area contributed by atoms with E-state index in [2.05, 4.69) is 11.8 Å². The summed E-state index contributed by atoms with van der Waals surface area (Å²) in [5.41, 5.74) is 5.95. The molecule has 3 nitrogen and oxygen atoms in total. The summed E-state index contributed by atoms with van der Waals surface area (Å²) in [5, 5.41) is 0. The van der Waals surface area contributed by atoms with Crippen molar-refractivity contribution in [3.63, 3.8) is 0 Å². The van der Waals surface area contributed by atoms with Gasteiger partial charge in [-0.15, -0.1) is 0 Å². The lowest BCUT2D eigenvalue weighted by Crippen LogP contribution is -2.38. The van der Waals surface area contributed by atoms with Crippen molar-refractivity contribution in [2.75, 3.05) is 19.7 Å². The van der Waals surface area contributed by atoms with Gasteiger partial charge in [-0.05, 0) is 32.6 Å². The van der Waals surface area contributed by atoms with Crippen LogP contribution < -0.4 is 5.73 Å². The first-order valence-corrected chi connectivity index (χ1v) is 5.87. The zero-order valence-electron chi connectivity index (χ0n) is 9.11. The predicted octanol–water partition coefficient (Wildman–Crippen LogP) is 0.977. The minimum Gasteiger partial charge on any atom is -0.377 e. The maximum atomic E-state index is 5.95. The van der Waals surface area contributed by atoms with Crippen molar-refractivity contribution < 1.29 is 4.74 Å². The molecule has 3 unspecified atom stereocenters. The molecule has 2 N–H and O–H groups in total. The Kier molecular flexibility index (Phi) is 3.42. The topological polar surface area (TPSA) is 38.5 Å². The van der Waals surface area contributed by atoms with Crippen molar-refractivity contribution >= 4 is 0 Å². The zero-order valence-corrected chi connectivity index (χ0v) is 9.11. The number of nitrogens with two attached hydrogens (primary N) is 1. The normalized spacial score (nSPS) is 41.1. The van der Waals surface area contributed by atoms with Crippen LogP contribution in [0.4, 0.5) is 0 Å². The highest BCUT2D eigenvalue weighted by Gasteiger charge is 2.28. The summed E-state index contributed by atoms with van der Waals surface area (Å²) in [6.07, 6.45) is 5.25. The summed E-state index contributed by atoms with van der Waals surface area (Å²) in [7, 11) is 0. The van der Waals surface area contributed by atoms with E-state index in [9.17, 15) is 0 Å². The fourth-order valence-electron chi connectivity index (χ4n) is 2.68. The van der Waals surface area contributed by atoms with Crippen molar-refractivity contribution in [2.45, 2.75) is 50.8 Å². The van der Waals surface area contributed by atoms with Gasteiger partial charge in [0.1, 0.15) is 0 Å². The molecule has 1 aliphatic heterocycles. The molecule has 2 fully saturated rings. The molecule has 0 bridgehead atoms. The number of rotatable bonds is 1. The molecule has 1 aliphatic carbocycles. The summed E-state index contributed by atoms with van der Waals surface area (Å²) in [6, 6.07) is 1.17. The van der Waals surface area contributed by atoms with Crippen LogP contribution >= 0.6 is 0 Å². The van der Waals surface area contributed by atoms with E-state index in [0.717, 1.165) is 19.2 Å². The molecular weight excluding hydrogens is 176 g/mol. The average Bonchev–Trinajstić information content (AvgIpc) is 2.45. The summed E-state index contributed by atoms with van der Waals surface area (Å²) in [6.45, 7) is 5.39. The second-order valence-corrected chi connectivity index (χ2v) is 4.76. The van der Waals surface area contributed by atoms with Gasteiger partial charge in [0.25, 0.3) is 0 Å². The molecule has 3 heteroatoms. The van der Waals surface area contributed by atoms with Crippen LogP contribution in [0.5, 0.6) is 0 Å². The summed E-state index contributed by atoms with van der Waals surface area (Å²) in [4.78, 5) is 2.59. The van der Waals surface area contributed by atoms with Crippen molar-refractivity contribution in [1.82, 2.24) is 4.90 Å². The Morgan fingerprint density at radius 3 is 2.93 bits per heavy atom. The molecule has 0 amide bonds. The van der Waals surface area contributed by atoms with Crippen LogP contribution in [0.1, 0.15) is 32.6 Å². The number of hydrogen-bond donors (Lipinski definition) is 1. The average molecular weight is 198 g/mol. The molecule has 0 aromatic carbocycles. The molecule has 0 radical (unpaired) electrons. The Balaban J connectivity index is 1.88. The molecular formula is C11H22N2O. The van der Waals surface area contributed by atoms with Crippen LogP contribution in [0.15, 0.2) is 0 Å². The molecule has 0 spiro atoms. The fourth-order valence-corrected chi connectivity index (χ4v) is 2.68. The summed E-state index contributed by atoms with van der Waals surface area (Å²) < 4.78 is 5.65. The minimum atomic E-state index is 0.398. The van der Waals surface area contributed by atoms with Crippen molar-refractivity contribution in [3.05, 3.63) is 0 Å². The smallest absolute Gasteiger partial charge is 0.0674 e. The highest BCUT2D eigenvalue weighted by molar-refractivity contribution is 4.86. The predicted molar refractivity (Wildman–Crippen MR) is 57.2 cm³/mol. The van der Waals surface area contributed by atoms with Crippen LogP contribution in [0, 0.1) is 0 Å². The van der Waals surface area contributed by atoms with Gasteiger partial charge in [0.15, 0.2) is 0 Å². The first kappa shape index (κ1) is 10.4. The lowest BCUT2D eigenvalue weighted by atomic mass is 10.2. The van der Waals surface area contributed by atoms with Gasteiger partial charge in [-0.1, -0.05) is 0 Å². The molecule has 2 rings (SSSR count). The van der Waals surface area contributed by atoms with Gasteiger partial charge in [-0.3, -0.25) is 4.90 Å². The lowest BCUT2D eigenvalue weighted by Gasteiger charge is -2.28. The highest BCUT2D eigenvalue weighted by atomic mass is 16.5. The Bertz CT molecular complexity index is 186. The molecule has 2 aliphatic rings. The van der Waals surface area contributed by atoms with Gasteiger partial charge in [-0.25, -0.2) is 0 Å². The van der Waals surface area contributed by atoms with Gasteiger partial charge >= 0.3 is 0 Å². The van der Waals surface area contributed by atoms with Crippen LogP contribution in [0.25, 0.3) is 0 Å². The molecule has 1 saturated carbocycles. The largest absolute Gasteiger partial charge is 0.377 e. The second-order valence-electron chi connectivity index (χ2n) is 4.76. The molecule has 1 saturated heterocycles. The van der Waals surface area contributed by atoms with E-state index < -0.39 is 0 Å². The van der Waals surface area contributed by atoms with E-state index in [1.165, 1.54) is 32.2 Å². The third-order valence-electron chi connectivity index (χ3n) is 3.45. The first-order chi connectivity index (χ1) is 6.75. The van der Waals surface area contributed by atoms with Gasteiger partial charge in [0.05, 0.1) is 6.10 Å². The zero-order chi connectivity index (χ0) is 9.97. The Morgan fingerprint density at radius 1 is 1.36 bits per heavy atom. The maximum absolute atomic E-state index is 5.95. The van der Waals surface area contributed by atoms with E-state index in [1.807, 2.05) is 0 Å². The highest BCUT2D eigenvalue weighted by Crippen LogP contribution is 2.24. The third-order valence-corrected chi connectivity index (χ3v) is 3.45. The van der Waals surface area contributed by atoms with Crippen LogP contribution in [-0.4, -0.2) is 42.8 Å². The van der Waals surface area contributed by atoms with E-state index in [-0.39, 0.29) is 0 Å². The molecule has 14 heavy (non-hydrogen) atoms. The Hall–Kier alpha value is -0.120. The first-order valence-electron chi connectivity index (χ1n) is 5.87. The van der Waals surface area contributed by atoms with E-state index in [1.54, 1.807) is 0 Å². The van der Waals surface area contributed by atoms with Gasteiger partial charge in [0, 0.05) is 31.8 Å². The number of nitrogens with zero attached hydrogens (tertiary/aromatic N) is 1.